The molecular weight excluding hydrogens is 396 g/mol. The maximum Gasteiger partial charge on any atom is 0.252 e. The molecule has 30 heavy (non-hydrogen) atoms. The Morgan fingerprint density at radius 2 is 1.90 bits per heavy atom. The molecule has 158 valence electrons. The summed E-state index contributed by atoms with van der Waals surface area (Å²) < 4.78 is 5.61. The Hall–Kier alpha value is -2.31. The minimum atomic E-state index is -0.0979. The Bertz CT molecular complexity index is 898. The van der Waals surface area contributed by atoms with Gasteiger partial charge in [-0.15, -0.1) is 11.8 Å². The molecule has 1 saturated carbocycles. The highest BCUT2D eigenvalue weighted by molar-refractivity contribution is 8.00. The summed E-state index contributed by atoms with van der Waals surface area (Å²) in [6.45, 7) is 2.84. The van der Waals surface area contributed by atoms with E-state index in [0.29, 0.717) is 24.5 Å². The van der Waals surface area contributed by atoms with Crippen LogP contribution in [0.2, 0.25) is 0 Å². The molecule has 5 nitrogen and oxygen atoms in total. The third kappa shape index (κ3) is 5.43. The SMILES string of the molecule is O=C(NCCCOCC1CC1)c1ccccc1SCC(=O)N1CCc2ccccc21. The van der Waals surface area contributed by atoms with Gasteiger partial charge in [-0.05, 0) is 55.4 Å². The quantitative estimate of drug-likeness (QED) is 0.464. The summed E-state index contributed by atoms with van der Waals surface area (Å²) in [5, 5.41) is 2.97. The van der Waals surface area contributed by atoms with Crippen LogP contribution in [-0.2, 0) is 16.0 Å². The number of rotatable bonds is 10. The highest BCUT2D eigenvalue weighted by Crippen LogP contribution is 2.30. The number of nitrogens with one attached hydrogen (secondary N) is 1. The zero-order valence-electron chi connectivity index (χ0n) is 17.1. The second kappa shape index (κ2) is 10.1. The Kier molecular flexibility index (Phi) is 7.07. The van der Waals surface area contributed by atoms with E-state index < -0.39 is 0 Å². The number of ether oxygens (including phenoxy) is 1. The van der Waals surface area contributed by atoms with Crippen LogP contribution in [0.5, 0.6) is 0 Å². The van der Waals surface area contributed by atoms with Crippen molar-refractivity contribution in [3.63, 3.8) is 0 Å². The minimum Gasteiger partial charge on any atom is -0.381 e. The van der Waals surface area contributed by atoms with Gasteiger partial charge in [-0.25, -0.2) is 0 Å². The summed E-state index contributed by atoms with van der Waals surface area (Å²) in [4.78, 5) is 28.1. The van der Waals surface area contributed by atoms with E-state index in [0.717, 1.165) is 42.5 Å². The number of para-hydroxylation sites is 1. The molecule has 2 amide bonds. The largest absolute Gasteiger partial charge is 0.381 e. The lowest BCUT2D eigenvalue weighted by Gasteiger charge is -2.17. The molecule has 0 spiro atoms. The second-order valence-corrected chi connectivity index (χ2v) is 8.85. The fourth-order valence-corrected chi connectivity index (χ4v) is 4.53. The van der Waals surface area contributed by atoms with Crippen LogP contribution in [0.1, 0.15) is 35.2 Å². The first-order valence-corrected chi connectivity index (χ1v) is 11.7. The molecule has 2 aromatic carbocycles. The number of carbonyl (C=O) groups is 2. The number of amides is 2. The monoisotopic (exact) mass is 424 g/mol. The van der Waals surface area contributed by atoms with Crippen LogP contribution in [0.4, 0.5) is 5.69 Å². The average Bonchev–Trinajstić information content (AvgIpc) is 3.50. The average molecular weight is 425 g/mol. The molecular formula is C24H28N2O3S. The van der Waals surface area contributed by atoms with Crippen LogP contribution in [0.25, 0.3) is 0 Å². The van der Waals surface area contributed by atoms with Crippen molar-refractivity contribution >= 4 is 29.3 Å². The molecule has 1 N–H and O–H groups in total. The lowest BCUT2D eigenvalue weighted by atomic mass is 10.2. The van der Waals surface area contributed by atoms with E-state index in [1.165, 1.54) is 30.2 Å². The minimum absolute atomic E-state index is 0.0768. The summed E-state index contributed by atoms with van der Waals surface area (Å²) in [7, 11) is 0. The van der Waals surface area contributed by atoms with Gasteiger partial charge < -0.3 is 15.0 Å². The number of anilines is 1. The van der Waals surface area contributed by atoms with Gasteiger partial charge >= 0.3 is 0 Å². The van der Waals surface area contributed by atoms with Crippen molar-refractivity contribution in [3.8, 4) is 0 Å². The number of fused-ring (bicyclic) bond motifs is 1. The Balaban J connectivity index is 1.26. The molecule has 2 aliphatic rings. The van der Waals surface area contributed by atoms with Crippen LogP contribution in [0.15, 0.2) is 53.4 Å². The van der Waals surface area contributed by atoms with Gasteiger partial charge in [0.2, 0.25) is 5.91 Å². The van der Waals surface area contributed by atoms with Gasteiger partial charge in [0.05, 0.1) is 11.3 Å². The third-order valence-electron chi connectivity index (χ3n) is 5.47. The first-order valence-electron chi connectivity index (χ1n) is 10.7. The first kappa shape index (κ1) is 20.9. The summed E-state index contributed by atoms with van der Waals surface area (Å²) in [5.41, 5.74) is 2.85. The van der Waals surface area contributed by atoms with Gasteiger partial charge in [0.1, 0.15) is 0 Å². The van der Waals surface area contributed by atoms with E-state index >= 15 is 0 Å². The fraction of sp³-hybridized carbons (Fsp3) is 0.417. The summed E-state index contributed by atoms with van der Waals surface area (Å²) in [6.07, 6.45) is 4.28. The van der Waals surface area contributed by atoms with Crippen LogP contribution in [-0.4, -0.2) is 43.9 Å². The molecule has 6 heteroatoms. The summed E-state index contributed by atoms with van der Waals surface area (Å²) in [6, 6.07) is 15.5. The highest BCUT2D eigenvalue weighted by Gasteiger charge is 2.24. The van der Waals surface area contributed by atoms with E-state index in [-0.39, 0.29) is 11.8 Å². The van der Waals surface area contributed by atoms with Crippen LogP contribution >= 0.6 is 11.8 Å². The molecule has 4 rings (SSSR count). The van der Waals surface area contributed by atoms with Gasteiger partial charge in [-0.2, -0.15) is 0 Å². The normalized spacial score (nSPS) is 15.1. The predicted molar refractivity (Wildman–Crippen MR) is 120 cm³/mol. The summed E-state index contributed by atoms with van der Waals surface area (Å²) >= 11 is 1.43. The Morgan fingerprint density at radius 3 is 2.77 bits per heavy atom. The van der Waals surface area contributed by atoms with Gasteiger partial charge in [0, 0.05) is 36.9 Å². The maximum atomic E-state index is 12.8. The van der Waals surface area contributed by atoms with Gasteiger partial charge in [0.25, 0.3) is 5.91 Å². The van der Waals surface area contributed by atoms with Crippen molar-refractivity contribution in [1.82, 2.24) is 5.32 Å². The smallest absolute Gasteiger partial charge is 0.252 e. The number of carbonyl (C=O) groups excluding carboxylic acids is 2. The van der Waals surface area contributed by atoms with Crippen molar-refractivity contribution in [2.24, 2.45) is 5.92 Å². The third-order valence-corrected chi connectivity index (χ3v) is 6.53. The zero-order valence-corrected chi connectivity index (χ0v) is 18.0. The number of nitrogens with zero attached hydrogens (tertiary/aromatic N) is 1. The molecule has 0 saturated heterocycles. The van der Waals surface area contributed by atoms with Crippen molar-refractivity contribution in [2.45, 2.75) is 30.6 Å². The van der Waals surface area contributed by atoms with E-state index in [2.05, 4.69) is 11.4 Å². The molecule has 1 heterocycles. The topological polar surface area (TPSA) is 58.6 Å². The zero-order chi connectivity index (χ0) is 20.8. The predicted octanol–water partition coefficient (Wildman–Crippen LogP) is 3.91. The maximum absolute atomic E-state index is 12.8. The molecule has 1 fully saturated rings. The van der Waals surface area contributed by atoms with Crippen molar-refractivity contribution in [1.29, 1.82) is 0 Å². The van der Waals surface area contributed by atoms with E-state index in [4.69, 9.17) is 4.74 Å². The molecule has 0 radical (unpaired) electrons. The Labute approximate surface area is 182 Å². The van der Waals surface area contributed by atoms with E-state index in [1.807, 2.05) is 47.4 Å². The van der Waals surface area contributed by atoms with Crippen molar-refractivity contribution in [3.05, 3.63) is 59.7 Å². The number of benzene rings is 2. The molecule has 1 aliphatic heterocycles. The van der Waals surface area contributed by atoms with Crippen LogP contribution in [0.3, 0.4) is 0 Å². The number of hydrogen-bond donors (Lipinski definition) is 1. The fourth-order valence-electron chi connectivity index (χ4n) is 3.60. The van der Waals surface area contributed by atoms with Crippen molar-refractivity contribution in [2.75, 3.05) is 37.0 Å². The number of thioether (sulfide) groups is 1. The lowest BCUT2D eigenvalue weighted by Crippen LogP contribution is -2.30. The molecule has 0 atom stereocenters. The summed E-state index contributed by atoms with van der Waals surface area (Å²) in [5.74, 6) is 1.06. The molecule has 2 aromatic rings. The number of hydrogen-bond acceptors (Lipinski definition) is 4. The molecule has 0 unspecified atom stereocenters. The van der Waals surface area contributed by atoms with Crippen LogP contribution in [0, 0.1) is 5.92 Å². The molecule has 1 aliphatic carbocycles. The van der Waals surface area contributed by atoms with E-state index in [1.54, 1.807) is 0 Å². The molecule has 0 bridgehead atoms. The Morgan fingerprint density at radius 1 is 1.10 bits per heavy atom. The standard InChI is InChI=1S/C24H28N2O3S/c27-23(26-14-12-19-6-1-3-8-21(19)26)17-30-22-9-4-2-7-20(22)24(28)25-13-5-15-29-16-18-10-11-18/h1-4,6-9,18H,5,10-17H2,(H,25,28). The van der Waals surface area contributed by atoms with Crippen LogP contribution < -0.4 is 10.2 Å². The first-order chi connectivity index (χ1) is 14.7. The lowest BCUT2D eigenvalue weighted by molar-refractivity contribution is -0.116. The van der Waals surface area contributed by atoms with Gasteiger partial charge in [-0.1, -0.05) is 30.3 Å². The molecule has 0 aromatic heterocycles. The van der Waals surface area contributed by atoms with Gasteiger partial charge in [-0.3, -0.25) is 9.59 Å². The van der Waals surface area contributed by atoms with Crippen molar-refractivity contribution < 1.29 is 14.3 Å². The van der Waals surface area contributed by atoms with Gasteiger partial charge in [0.15, 0.2) is 0 Å². The second-order valence-electron chi connectivity index (χ2n) is 7.84. The highest BCUT2D eigenvalue weighted by atomic mass is 32.2. The van der Waals surface area contributed by atoms with E-state index in [9.17, 15) is 9.59 Å².